The minimum atomic E-state index is -3.17. The van der Waals surface area contributed by atoms with Gasteiger partial charge in [-0.3, -0.25) is 58.1 Å². The number of nitrogens with one attached hydrogen (secondary N) is 3. The number of alkyl halides is 2. The number of pyridine rings is 1. The molecule has 0 spiro atoms. The van der Waals surface area contributed by atoms with Crippen LogP contribution < -0.4 is 20.7 Å². The lowest BCUT2D eigenvalue weighted by Gasteiger charge is -2.33. The number of amides is 4. The first-order valence-corrected chi connectivity index (χ1v) is 24.0. The number of halogens is 2. The first-order chi connectivity index (χ1) is 34.4. The van der Waals surface area contributed by atoms with Crippen LogP contribution in [0.4, 0.5) is 8.78 Å². The summed E-state index contributed by atoms with van der Waals surface area (Å²) in [5.41, 5.74) is 2.32. The van der Waals surface area contributed by atoms with E-state index >= 15 is 0 Å². The average molecular weight is 1010 g/mol. The van der Waals surface area contributed by atoms with Gasteiger partial charge in [0.1, 0.15) is 18.4 Å². The number of hydrogen-bond acceptors (Lipinski definition) is 14. The molecule has 1 saturated carbocycles. The summed E-state index contributed by atoms with van der Waals surface area (Å²) in [6.45, 7) is 1.17. The molecule has 2 aliphatic heterocycles. The summed E-state index contributed by atoms with van der Waals surface area (Å²) in [7, 11) is 0. The SMILES string of the molecule is N#C[C@@H]1CC(F)(F)CN1C(=O)CNC(=O)c1ccnc2cc(-c3cccc(OCCNC(=O)C4CCC(CNC(=O)CN5CCN(CC(=O)O)CCN(CC(=O)O)CCN(CC(=O)O)CC5)CC4)c3)ccc12. The average Bonchev–Trinajstić information content (AvgIpc) is 3.68. The number of fused-ring (bicyclic) bond motifs is 1. The van der Waals surface area contributed by atoms with Gasteiger partial charge < -0.3 is 40.9 Å². The number of aromatic nitrogens is 1. The van der Waals surface area contributed by atoms with E-state index in [1.807, 2.05) is 29.2 Å². The highest BCUT2D eigenvalue weighted by atomic mass is 19.3. The van der Waals surface area contributed by atoms with E-state index in [0.717, 1.165) is 28.9 Å². The van der Waals surface area contributed by atoms with Gasteiger partial charge in [-0.1, -0.05) is 24.3 Å². The van der Waals surface area contributed by atoms with E-state index < -0.39 is 61.2 Å². The summed E-state index contributed by atoms with van der Waals surface area (Å²) in [4.78, 5) is 98.9. The van der Waals surface area contributed by atoms with Crippen molar-refractivity contribution >= 4 is 52.4 Å². The molecular formula is C49H62F2N10O11. The van der Waals surface area contributed by atoms with Gasteiger partial charge in [0.15, 0.2) is 0 Å². The van der Waals surface area contributed by atoms with Crippen LogP contribution in [-0.2, 0) is 28.8 Å². The Morgan fingerprint density at radius 2 is 1.32 bits per heavy atom. The highest BCUT2D eigenvalue weighted by molar-refractivity contribution is 6.07. The van der Waals surface area contributed by atoms with Gasteiger partial charge in [0.2, 0.25) is 17.7 Å². The number of rotatable bonds is 19. The molecule has 1 aliphatic carbocycles. The van der Waals surface area contributed by atoms with E-state index in [1.165, 1.54) is 12.3 Å². The first kappa shape index (κ1) is 54.5. The minimum Gasteiger partial charge on any atom is -0.492 e. The van der Waals surface area contributed by atoms with Crippen LogP contribution in [-0.4, -0.2) is 210 Å². The summed E-state index contributed by atoms with van der Waals surface area (Å²) in [6, 6.07) is 14.6. The molecule has 3 fully saturated rings. The lowest BCUT2D eigenvalue weighted by atomic mass is 9.81. The van der Waals surface area contributed by atoms with Crippen LogP contribution >= 0.6 is 0 Å². The Kier molecular flexibility index (Phi) is 19.7. The Balaban J connectivity index is 0.915. The van der Waals surface area contributed by atoms with Crippen molar-refractivity contribution in [2.75, 3.05) is 111 Å². The fourth-order valence-electron chi connectivity index (χ4n) is 9.26. The number of hydrogen-bond donors (Lipinski definition) is 6. The van der Waals surface area contributed by atoms with E-state index in [9.17, 15) is 62.9 Å². The van der Waals surface area contributed by atoms with Crippen molar-refractivity contribution in [1.29, 1.82) is 5.26 Å². The second-order valence-corrected chi connectivity index (χ2v) is 18.5. The highest BCUT2D eigenvalue weighted by Gasteiger charge is 2.47. The molecular weight excluding hydrogens is 943 g/mol. The fraction of sp³-hybridized carbons (Fsp3) is 0.531. The molecule has 3 aliphatic rings. The highest BCUT2D eigenvalue weighted by Crippen LogP contribution is 2.32. The molecule has 0 bridgehead atoms. The Morgan fingerprint density at radius 1 is 0.736 bits per heavy atom. The minimum absolute atomic E-state index is 0.0249. The smallest absolute Gasteiger partial charge is 0.317 e. The molecule has 3 heterocycles. The molecule has 21 nitrogen and oxygen atoms in total. The molecule has 0 unspecified atom stereocenters. The molecule has 3 aromatic rings. The quantitative estimate of drug-likeness (QED) is 0.0923. The largest absolute Gasteiger partial charge is 0.492 e. The van der Waals surface area contributed by atoms with E-state index in [-0.39, 0.29) is 94.7 Å². The zero-order chi connectivity index (χ0) is 51.8. The molecule has 6 rings (SSSR count). The van der Waals surface area contributed by atoms with Gasteiger partial charge in [0.25, 0.3) is 11.8 Å². The lowest BCUT2D eigenvalue weighted by Crippen LogP contribution is -2.50. The Morgan fingerprint density at radius 3 is 1.90 bits per heavy atom. The molecule has 1 atom stereocenters. The van der Waals surface area contributed by atoms with Gasteiger partial charge in [-0.2, -0.15) is 5.26 Å². The van der Waals surface area contributed by atoms with Crippen molar-refractivity contribution < 1.29 is 62.4 Å². The molecule has 4 amide bonds. The van der Waals surface area contributed by atoms with Crippen molar-refractivity contribution in [3.63, 3.8) is 0 Å². The van der Waals surface area contributed by atoms with Crippen LogP contribution in [0.2, 0.25) is 0 Å². The Bertz CT molecular complexity index is 2440. The fourth-order valence-corrected chi connectivity index (χ4v) is 9.26. The third-order valence-electron chi connectivity index (χ3n) is 13.1. The second kappa shape index (κ2) is 26.0. The number of likely N-dealkylation sites (tertiary alicyclic amines) is 1. The molecule has 72 heavy (non-hydrogen) atoms. The van der Waals surface area contributed by atoms with Gasteiger partial charge in [-0.05, 0) is 67.0 Å². The zero-order valence-electron chi connectivity index (χ0n) is 40.0. The van der Waals surface area contributed by atoms with Gasteiger partial charge in [0, 0.05) is 82.8 Å². The van der Waals surface area contributed by atoms with Crippen molar-refractivity contribution in [2.45, 2.75) is 44.1 Å². The van der Waals surface area contributed by atoms with Crippen molar-refractivity contribution in [3.05, 3.63) is 60.3 Å². The molecule has 23 heteroatoms. The van der Waals surface area contributed by atoms with Crippen molar-refractivity contribution in [3.8, 4) is 22.9 Å². The van der Waals surface area contributed by atoms with E-state index in [4.69, 9.17) is 4.74 Å². The molecule has 2 saturated heterocycles. The number of nitriles is 1. The van der Waals surface area contributed by atoms with Gasteiger partial charge in [-0.25, -0.2) is 8.78 Å². The summed E-state index contributed by atoms with van der Waals surface area (Å²) in [6.07, 6.45) is 3.50. The van der Waals surface area contributed by atoms with Crippen molar-refractivity contribution in [1.82, 2.24) is 45.4 Å². The number of benzene rings is 2. The number of aliphatic carboxylic acids is 3. The summed E-state index contributed by atoms with van der Waals surface area (Å²) < 4.78 is 33.7. The number of carbonyl (C=O) groups is 7. The van der Waals surface area contributed by atoms with Gasteiger partial charge in [0.05, 0.1) is 63.0 Å². The summed E-state index contributed by atoms with van der Waals surface area (Å²) in [5.74, 6) is -7.36. The lowest BCUT2D eigenvalue weighted by molar-refractivity contribution is -0.140. The maximum atomic E-state index is 13.8. The number of carboxylic acid groups (broad SMARTS) is 3. The van der Waals surface area contributed by atoms with Crippen molar-refractivity contribution in [2.24, 2.45) is 11.8 Å². The summed E-state index contributed by atoms with van der Waals surface area (Å²) >= 11 is 0. The van der Waals surface area contributed by atoms with Gasteiger partial charge >= 0.3 is 17.9 Å². The molecule has 2 aromatic carbocycles. The van der Waals surface area contributed by atoms with Crippen LogP contribution in [0, 0.1) is 23.2 Å². The standard InChI is InChI=1S/C49H62F2N10O11/c50-49(51)24-37(25-52)61(32-49)43(63)27-56-48(71)40-10-11-53-41-23-36(8-9-39(40)41)35-2-1-3-38(22-35)72-21-12-54-47(70)34-6-4-33(5-7-34)26-55-42(62)28-57-13-15-58(29-44(64)65)17-19-60(31-46(68)69)20-18-59(16-14-57)30-45(66)67/h1-3,8-11,22-23,33-34,37H,4-7,12-21,24,26-32H2,(H,54,70)(H,55,62)(H,56,71)(H,64,65)(H,66,67)(H,68,69)/t33?,34?,37-/m0/s1. The maximum Gasteiger partial charge on any atom is 0.317 e. The first-order valence-electron chi connectivity index (χ1n) is 24.0. The topological polar surface area (TPSA) is 278 Å². The zero-order valence-corrected chi connectivity index (χ0v) is 40.0. The van der Waals surface area contributed by atoms with E-state index in [1.54, 1.807) is 39.0 Å². The molecule has 388 valence electrons. The number of carbonyl (C=O) groups excluding carboxylic acids is 4. The van der Waals surface area contributed by atoms with Crippen LogP contribution in [0.5, 0.6) is 5.75 Å². The monoisotopic (exact) mass is 1000 g/mol. The van der Waals surface area contributed by atoms with E-state index in [0.29, 0.717) is 62.2 Å². The molecule has 1 aromatic heterocycles. The normalized spacial score (nSPS) is 20.6. The third-order valence-corrected chi connectivity index (χ3v) is 13.1. The Labute approximate surface area is 415 Å². The number of carboxylic acids is 3. The Hall–Kier alpha value is -6.87. The number of nitrogens with zero attached hydrogens (tertiary/aromatic N) is 7. The second-order valence-electron chi connectivity index (χ2n) is 18.5. The number of ether oxygens (including phenoxy) is 1. The third kappa shape index (κ3) is 16.6. The molecule has 6 N–H and O–H groups in total. The predicted octanol–water partition coefficient (Wildman–Crippen LogP) is 1.28. The van der Waals surface area contributed by atoms with Crippen LogP contribution in [0.15, 0.2) is 54.7 Å². The predicted molar refractivity (Wildman–Crippen MR) is 256 cm³/mol. The van der Waals surface area contributed by atoms with Gasteiger partial charge in [-0.15, -0.1) is 0 Å². The van der Waals surface area contributed by atoms with Crippen LogP contribution in [0.1, 0.15) is 42.5 Å². The van der Waals surface area contributed by atoms with Crippen LogP contribution in [0.3, 0.4) is 0 Å². The maximum absolute atomic E-state index is 13.8. The molecule has 0 radical (unpaired) electrons. The summed E-state index contributed by atoms with van der Waals surface area (Å²) in [5, 5.41) is 46.6. The van der Waals surface area contributed by atoms with Crippen LogP contribution in [0.25, 0.3) is 22.0 Å². The van der Waals surface area contributed by atoms with E-state index in [2.05, 4.69) is 20.9 Å².